The van der Waals surface area contributed by atoms with Crippen LogP contribution < -0.4 is 5.32 Å². The fraction of sp³-hybridized carbons (Fsp3) is 0.600. The second-order valence-electron chi connectivity index (χ2n) is 5.15. The van der Waals surface area contributed by atoms with Crippen LogP contribution in [0, 0.1) is 5.82 Å². The van der Waals surface area contributed by atoms with Crippen LogP contribution in [0.3, 0.4) is 0 Å². The Balaban J connectivity index is 1.84. The molecule has 0 radical (unpaired) electrons. The molecule has 1 aliphatic carbocycles. The minimum absolute atomic E-state index is 0.174. The number of ether oxygens (including phenoxy) is 1. The number of halogens is 1. The third-order valence-electron chi connectivity index (χ3n) is 3.86. The highest BCUT2D eigenvalue weighted by Gasteiger charge is 2.22. The summed E-state index contributed by atoms with van der Waals surface area (Å²) >= 11 is 0. The van der Waals surface area contributed by atoms with Gasteiger partial charge in [0.05, 0.1) is 6.10 Å². The Kier molecular flexibility index (Phi) is 4.72. The van der Waals surface area contributed by atoms with Gasteiger partial charge in [0.15, 0.2) is 0 Å². The summed E-state index contributed by atoms with van der Waals surface area (Å²) in [6.07, 6.45) is 5.01. The van der Waals surface area contributed by atoms with Gasteiger partial charge in [-0.1, -0.05) is 12.1 Å². The lowest BCUT2D eigenvalue weighted by Gasteiger charge is -2.30. The SMILES string of the molecule is COC1CCC(N[C@H](C)c2ccc(F)cc2)CC1. The highest BCUT2D eigenvalue weighted by Crippen LogP contribution is 2.23. The van der Waals surface area contributed by atoms with Crippen LogP contribution in [-0.2, 0) is 4.74 Å². The first-order valence-electron chi connectivity index (χ1n) is 6.73. The van der Waals surface area contributed by atoms with E-state index in [1.807, 2.05) is 12.1 Å². The van der Waals surface area contributed by atoms with Crippen molar-refractivity contribution in [2.45, 2.75) is 50.8 Å². The van der Waals surface area contributed by atoms with E-state index in [0.717, 1.165) is 31.2 Å². The van der Waals surface area contributed by atoms with Gasteiger partial charge >= 0.3 is 0 Å². The van der Waals surface area contributed by atoms with Gasteiger partial charge in [0.2, 0.25) is 0 Å². The Morgan fingerprint density at radius 2 is 1.78 bits per heavy atom. The van der Waals surface area contributed by atoms with Crippen molar-refractivity contribution in [3.8, 4) is 0 Å². The summed E-state index contributed by atoms with van der Waals surface area (Å²) in [5.41, 5.74) is 1.14. The molecule has 1 saturated carbocycles. The van der Waals surface area contributed by atoms with Crippen molar-refractivity contribution >= 4 is 0 Å². The predicted molar refractivity (Wildman–Crippen MR) is 71.0 cm³/mol. The molecule has 0 aromatic heterocycles. The fourth-order valence-electron chi connectivity index (χ4n) is 2.67. The number of methoxy groups -OCH3 is 1. The average Bonchev–Trinajstić information content (AvgIpc) is 2.40. The molecule has 0 amide bonds. The summed E-state index contributed by atoms with van der Waals surface area (Å²) in [6, 6.07) is 7.58. The molecule has 1 aromatic carbocycles. The zero-order valence-corrected chi connectivity index (χ0v) is 11.2. The minimum Gasteiger partial charge on any atom is -0.381 e. The maximum atomic E-state index is 12.9. The molecule has 1 atom stereocenters. The van der Waals surface area contributed by atoms with E-state index < -0.39 is 0 Å². The van der Waals surface area contributed by atoms with Crippen molar-refractivity contribution < 1.29 is 9.13 Å². The minimum atomic E-state index is -0.174. The molecule has 1 aromatic rings. The maximum absolute atomic E-state index is 12.9. The van der Waals surface area contributed by atoms with Crippen LogP contribution >= 0.6 is 0 Å². The third kappa shape index (κ3) is 3.53. The number of hydrogen-bond acceptors (Lipinski definition) is 2. The smallest absolute Gasteiger partial charge is 0.123 e. The Bertz CT molecular complexity index is 357. The fourth-order valence-corrected chi connectivity index (χ4v) is 2.67. The summed E-state index contributed by atoms with van der Waals surface area (Å²) in [6.45, 7) is 2.13. The van der Waals surface area contributed by atoms with Crippen LogP contribution in [0.5, 0.6) is 0 Å². The van der Waals surface area contributed by atoms with Gasteiger partial charge in [-0.25, -0.2) is 4.39 Å². The molecule has 1 N–H and O–H groups in total. The summed E-state index contributed by atoms with van der Waals surface area (Å²) < 4.78 is 18.2. The lowest BCUT2D eigenvalue weighted by atomic mass is 9.92. The van der Waals surface area contributed by atoms with Crippen molar-refractivity contribution in [2.24, 2.45) is 0 Å². The topological polar surface area (TPSA) is 21.3 Å². The van der Waals surface area contributed by atoms with E-state index in [2.05, 4.69) is 12.2 Å². The van der Waals surface area contributed by atoms with E-state index in [0.29, 0.717) is 12.1 Å². The van der Waals surface area contributed by atoms with E-state index in [9.17, 15) is 4.39 Å². The number of rotatable bonds is 4. The molecule has 0 saturated heterocycles. The molecule has 0 unspecified atom stereocenters. The van der Waals surface area contributed by atoms with Crippen LogP contribution in [-0.4, -0.2) is 19.3 Å². The molecule has 1 aliphatic rings. The van der Waals surface area contributed by atoms with Gasteiger partial charge in [0, 0.05) is 19.2 Å². The molecular weight excluding hydrogens is 229 g/mol. The van der Waals surface area contributed by atoms with Crippen molar-refractivity contribution in [3.05, 3.63) is 35.6 Å². The molecule has 1 fully saturated rings. The van der Waals surface area contributed by atoms with Gasteiger partial charge in [-0.2, -0.15) is 0 Å². The molecule has 0 aliphatic heterocycles. The first-order valence-corrected chi connectivity index (χ1v) is 6.73. The maximum Gasteiger partial charge on any atom is 0.123 e. The van der Waals surface area contributed by atoms with Crippen molar-refractivity contribution in [1.29, 1.82) is 0 Å². The summed E-state index contributed by atoms with van der Waals surface area (Å²) in [5, 5.41) is 3.62. The first kappa shape index (κ1) is 13.5. The Hall–Kier alpha value is -0.930. The van der Waals surface area contributed by atoms with Crippen molar-refractivity contribution in [1.82, 2.24) is 5.32 Å². The van der Waals surface area contributed by atoms with E-state index in [4.69, 9.17) is 4.74 Å². The lowest BCUT2D eigenvalue weighted by Crippen LogP contribution is -2.36. The molecule has 3 heteroatoms. The van der Waals surface area contributed by atoms with E-state index in [-0.39, 0.29) is 11.9 Å². The quantitative estimate of drug-likeness (QED) is 0.885. The molecule has 0 spiro atoms. The second kappa shape index (κ2) is 6.30. The number of benzene rings is 1. The van der Waals surface area contributed by atoms with Gasteiger partial charge in [-0.3, -0.25) is 0 Å². The van der Waals surface area contributed by atoms with E-state index >= 15 is 0 Å². The molecule has 18 heavy (non-hydrogen) atoms. The summed E-state index contributed by atoms with van der Waals surface area (Å²) in [7, 11) is 1.79. The van der Waals surface area contributed by atoms with Crippen LogP contribution in [0.15, 0.2) is 24.3 Å². The Morgan fingerprint density at radius 3 is 2.33 bits per heavy atom. The highest BCUT2D eigenvalue weighted by molar-refractivity contribution is 5.19. The average molecular weight is 251 g/mol. The molecule has 2 nitrogen and oxygen atoms in total. The zero-order valence-electron chi connectivity index (χ0n) is 11.2. The van der Waals surface area contributed by atoms with Crippen molar-refractivity contribution in [3.63, 3.8) is 0 Å². The summed E-state index contributed by atoms with van der Waals surface area (Å²) in [4.78, 5) is 0. The lowest BCUT2D eigenvalue weighted by molar-refractivity contribution is 0.0614. The Labute approximate surface area is 109 Å². The van der Waals surface area contributed by atoms with E-state index in [1.165, 1.54) is 12.1 Å². The molecule has 100 valence electrons. The number of nitrogens with one attached hydrogen (secondary N) is 1. The number of hydrogen-bond donors (Lipinski definition) is 1. The predicted octanol–water partition coefficient (Wildman–Crippen LogP) is 3.43. The van der Waals surface area contributed by atoms with Gasteiger partial charge < -0.3 is 10.1 Å². The standard InChI is InChI=1S/C15H22FNO/c1-11(12-3-5-13(16)6-4-12)17-14-7-9-15(18-2)10-8-14/h3-6,11,14-15,17H,7-10H2,1-2H3/t11-,14?,15?/m1/s1. The highest BCUT2D eigenvalue weighted by atomic mass is 19.1. The zero-order chi connectivity index (χ0) is 13.0. The normalized spacial score (nSPS) is 25.9. The second-order valence-corrected chi connectivity index (χ2v) is 5.15. The van der Waals surface area contributed by atoms with Gasteiger partial charge in [-0.15, -0.1) is 0 Å². The van der Waals surface area contributed by atoms with Gasteiger partial charge in [-0.05, 0) is 50.3 Å². The molecular formula is C15H22FNO. The van der Waals surface area contributed by atoms with Crippen LogP contribution in [0.4, 0.5) is 4.39 Å². The van der Waals surface area contributed by atoms with Gasteiger partial charge in [0.1, 0.15) is 5.82 Å². The monoisotopic (exact) mass is 251 g/mol. The third-order valence-corrected chi connectivity index (χ3v) is 3.86. The van der Waals surface area contributed by atoms with Crippen molar-refractivity contribution in [2.75, 3.05) is 7.11 Å². The first-order chi connectivity index (χ1) is 8.69. The molecule has 0 bridgehead atoms. The van der Waals surface area contributed by atoms with Crippen LogP contribution in [0.25, 0.3) is 0 Å². The van der Waals surface area contributed by atoms with E-state index in [1.54, 1.807) is 7.11 Å². The van der Waals surface area contributed by atoms with Gasteiger partial charge in [0.25, 0.3) is 0 Å². The van der Waals surface area contributed by atoms with Crippen LogP contribution in [0.1, 0.15) is 44.2 Å². The van der Waals surface area contributed by atoms with Crippen LogP contribution in [0.2, 0.25) is 0 Å². The Morgan fingerprint density at radius 1 is 1.17 bits per heavy atom. The largest absolute Gasteiger partial charge is 0.381 e. The summed E-state index contributed by atoms with van der Waals surface area (Å²) in [5.74, 6) is -0.174. The molecule has 2 rings (SSSR count). The molecule has 0 heterocycles.